The van der Waals surface area contributed by atoms with Gasteiger partial charge in [-0.2, -0.15) is 0 Å². The molecule has 3 amide bonds. The number of amides is 3. The average Bonchev–Trinajstić information content (AvgIpc) is 3.19. The molecule has 33 heavy (non-hydrogen) atoms. The molecule has 0 unspecified atom stereocenters. The molecule has 0 radical (unpaired) electrons. The Labute approximate surface area is 194 Å². The SMILES string of the molecule is CCCCN(C(=O)N1C(=O)Cc2ccccc21)C(=Nc1ccc(CN)cc1)c1ccccc1. The van der Waals surface area contributed by atoms with Crippen LogP contribution in [-0.4, -0.2) is 29.2 Å². The van der Waals surface area contributed by atoms with Gasteiger partial charge in [-0.05, 0) is 35.7 Å². The highest BCUT2D eigenvalue weighted by Crippen LogP contribution is 2.30. The standard InChI is InChI=1S/C27H28N4O2/c1-2-3-17-30(27(33)31-24-12-8-7-11-22(24)18-25(31)32)26(21-9-5-4-6-10-21)29-23-15-13-20(19-28)14-16-23/h4-16H,2-3,17-19,28H2,1H3. The molecule has 0 aromatic heterocycles. The summed E-state index contributed by atoms with van der Waals surface area (Å²) in [4.78, 5) is 34.5. The van der Waals surface area contributed by atoms with E-state index in [-0.39, 0.29) is 18.4 Å². The molecule has 1 heterocycles. The van der Waals surface area contributed by atoms with E-state index in [4.69, 9.17) is 10.7 Å². The van der Waals surface area contributed by atoms with E-state index in [2.05, 4.69) is 6.92 Å². The predicted molar refractivity (Wildman–Crippen MR) is 132 cm³/mol. The Morgan fingerprint density at radius 1 is 1.00 bits per heavy atom. The van der Waals surface area contributed by atoms with Crippen LogP contribution in [0, 0.1) is 0 Å². The van der Waals surface area contributed by atoms with Crippen LogP contribution in [0.15, 0.2) is 83.9 Å². The van der Waals surface area contributed by atoms with Gasteiger partial charge in [0.05, 0.1) is 17.8 Å². The number of benzene rings is 3. The Balaban J connectivity index is 1.79. The number of carbonyl (C=O) groups excluding carboxylic acids is 2. The average molecular weight is 441 g/mol. The van der Waals surface area contributed by atoms with Crippen molar-refractivity contribution in [1.82, 2.24) is 4.90 Å². The van der Waals surface area contributed by atoms with Gasteiger partial charge in [0.15, 0.2) is 0 Å². The largest absolute Gasteiger partial charge is 0.337 e. The number of carbonyl (C=O) groups is 2. The molecular formula is C27H28N4O2. The van der Waals surface area contributed by atoms with Crippen LogP contribution in [0.5, 0.6) is 0 Å². The number of fused-ring (bicyclic) bond motifs is 1. The van der Waals surface area contributed by atoms with E-state index in [1.165, 1.54) is 4.90 Å². The maximum absolute atomic E-state index is 13.9. The van der Waals surface area contributed by atoms with Gasteiger partial charge >= 0.3 is 6.03 Å². The number of rotatable bonds is 6. The maximum atomic E-state index is 13.9. The van der Waals surface area contributed by atoms with Crippen LogP contribution in [0.1, 0.15) is 36.5 Å². The van der Waals surface area contributed by atoms with Gasteiger partial charge in [0, 0.05) is 18.7 Å². The monoisotopic (exact) mass is 440 g/mol. The number of anilines is 1. The Bertz CT molecular complexity index is 1160. The van der Waals surface area contributed by atoms with Gasteiger partial charge < -0.3 is 5.73 Å². The lowest BCUT2D eigenvalue weighted by atomic mass is 10.1. The number of hydrogen-bond acceptors (Lipinski definition) is 4. The molecule has 3 aromatic rings. The van der Waals surface area contributed by atoms with Crippen molar-refractivity contribution in [2.24, 2.45) is 10.7 Å². The fourth-order valence-corrected chi connectivity index (χ4v) is 3.89. The van der Waals surface area contributed by atoms with E-state index in [0.29, 0.717) is 30.3 Å². The van der Waals surface area contributed by atoms with Crippen LogP contribution in [0.25, 0.3) is 0 Å². The molecule has 168 valence electrons. The lowest BCUT2D eigenvalue weighted by Crippen LogP contribution is -2.48. The van der Waals surface area contributed by atoms with Crippen molar-refractivity contribution in [2.45, 2.75) is 32.7 Å². The first kappa shape index (κ1) is 22.4. The van der Waals surface area contributed by atoms with Crippen LogP contribution >= 0.6 is 0 Å². The van der Waals surface area contributed by atoms with Crippen molar-refractivity contribution in [3.63, 3.8) is 0 Å². The highest BCUT2D eigenvalue weighted by Gasteiger charge is 2.36. The van der Waals surface area contributed by atoms with E-state index < -0.39 is 0 Å². The number of nitrogens with two attached hydrogens (primary N) is 1. The first-order valence-electron chi connectivity index (χ1n) is 11.3. The van der Waals surface area contributed by atoms with E-state index in [1.807, 2.05) is 78.9 Å². The molecule has 2 N–H and O–H groups in total. The third-order valence-corrected chi connectivity index (χ3v) is 5.68. The summed E-state index contributed by atoms with van der Waals surface area (Å²) in [6, 6.07) is 24.3. The predicted octanol–water partition coefficient (Wildman–Crippen LogP) is 5.04. The van der Waals surface area contributed by atoms with E-state index >= 15 is 0 Å². The third-order valence-electron chi connectivity index (χ3n) is 5.68. The maximum Gasteiger partial charge on any atom is 0.337 e. The van der Waals surface area contributed by atoms with Crippen LogP contribution in [0.4, 0.5) is 16.2 Å². The molecule has 0 saturated heterocycles. The fourth-order valence-electron chi connectivity index (χ4n) is 3.89. The van der Waals surface area contributed by atoms with Crippen LogP contribution in [0.3, 0.4) is 0 Å². The van der Waals surface area contributed by atoms with Crippen molar-refractivity contribution in [1.29, 1.82) is 0 Å². The minimum Gasteiger partial charge on any atom is -0.326 e. The van der Waals surface area contributed by atoms with Crippen LogP contribution in [0.2, 0.25) is 0 Å². The number of hydrogen-bond donors (Lipinski definition) is 1. The van der Waals surface area contributed by atoms with Gasteiger partial charge in [-0.15, -0.1) is 0 Å². The summed E-state index contributed by atoms with van der Waals surface area (Å²) in [7, 11) is 0. The highest BCUT2D eigenvalue weighted by molar-refractivity contribution is 6.23. The number of urea groups is 1. The number of aliphatic imine (C=N–C) groups is 1. The first-order valence-corrected chi connectivity index (χ1v) is 11.3. The molecule has 0 saturated carbocycles. The number of amidine groups is 1. The quantitative estimate of drug-likeness (QED) is 0.431. The highest BCUT2D eigenvalue weighted by atomic mass is 16.2. The molecule has 4 rings (SSSR count). The molecule has 0 spiro atoms. The van der Waals surface area contributed by atoms with Gasteiger partial charge in [0.1, 0.15) is 5.84 Å². The van der Waals surface area contributed by atoms with Gasteiger partial charge in [0.25, 0.3) is 0 Å². The normalized spacial score (nSPS) is 13.2. The van der Waals surface area contributed by atoms with Crippen molar-refractivity contribution >= 4 is 29.1 Å². The zero-order valence-electron chi connectivity index (χ0n) is 18.8. The van der Waals surface area contributed by atoms with Crippen LogP contribution < -0.4 is 10.6 Å². The number of unbranched alkanes of at least 4 members (excludes halogenated alkanes) is 1. The minimum atomic E-state index is -0.375. The summed E-state index contributed by atoms with van der Waals surface area (Å²) in [5.74, 6) is 0.300. The topological polar surface area (TPSA) is 79.0 Å². The second kappa shape index (κ2) is 10.2. The lowest BCUT2D eigenvalue weighted by Gasteiger charge is -2.29. The molecule has 1 aliphatic heterocycles. The van der Waals surface area contributed by atoms with E-state index in [0.717, 1.165) is 29.5 Å². The summed E-state index contributed by atoms with van der Waals surface area (Å²) < 4.78 is 0. The zero-order valence-corrected chi connectivity index (χ0v) is 18.8. The fraction of sp³-hybridized carbons (Fsp3) is 0.222. The van der Waals surface area contributed by atoms with Gasteiger partial charge in [-0.25, -0.2) is 14.7 Å². The molecule has 0 atom stereocenters. The number of imide groups is 1. The molecular weight excluding hydrogens is 412 g/mol. The molecule has 0 fully saturated rings. The minimum absolute atomic E-state index is 0.220. The first-order chi connectivity index (χ1) is 16.1. The van der Waals surface area contributed by atoms with Gasteiger partial charge in [-0.3, -0.25) is 9.69 Å². The summed E-state index contributed by atoms with van der Waals surface area (Å²) in [5.41, 5.74) is 9.77. The van der Waals surface area contributed by atoms with Gasteiger partial charge in [0.2, 0.25) is 5.91 Å². The number of para-hydroxylation sites is 1. The lowest BCUT2D eigenvalue weighted by molar-refractivity contribution is -0.116. The summed E-state index contributed by atoms with van der Waals surface area (Å²) in [5, 5.41) is 0. The van der Waals surface area contributed by atoms with Gasteiger partial charge in [-0.1, -0.05) is 74.0 Å². The molecule has 1 aliphatic rings. The molecule has 6 nitrogen and oxygen atoms in total. The molecule has 3 aromatic carbocycles. The van der Waals surface area contributed by atoms with Crippen LogP contribution in [-0.2, 0) is 17.8 Å². The number of nitrogens with zero attached hydrogens (tertiary/aromatic N) is 3. The summed E-state index contributed by atoms with van der Waals surface area (Å²) >= 11 is 0. The van der Waals surface area contributed by atoms with Crippen molar-refractivity contribution < 1.29 is 9.59 Å². The zero-order chi connectivity index (χ0) is 23.2. The van der Waals surface area contributed by atoms with E-state index in [1.54, 1.807) is 4.90 Å². The molecule has 6 heteroatoms. The molecule has 0 bridgehead atoms. The van der Waals surface area contributed by atoms with Crippen molar-refractivity contribution in [3.8, 4) is 0 Å². The van der Waals surface area contributed by atoms with E-state index in [9.17, 15) is 9.59 Å². The summed E-state index contributed by atoms with van der Waals surface area (Å²) in [6.07, 6.45) is 1.91. The Morgan fingerprint density at radius 2 is 1.70 bits per heavy atom. The Morgan fingerprint density at radius 3 is 2.39 bits per heavy atom. The molecule has 0 aliphatic carbocycles. The third kappa shape index (κ3) is 4.86. The summed E-state index contributed by atoms with van der Waals surface area (Å²) in [6.45, 7) is 2.98. The Hall–Kier alpha value is -3.77. The van der Waals surface area contributed by atoms with Crippen molar-refractivity contribution in [3.05, 3.63) is 95.6 Å². The second-order valence-corrected chi connectivity index (χ2v) is 7.99. The van der Waals surface area contributed by atoms with Crippen molar-refractivity contribution in [2.75, 3.05) is 11.4 Å². The second-order valence-electron chi connectivity index (χ2n) is 7.99. The smallest absolute Gasteiger partial charge is 0.326 e. The Kier molecular flexibility index (Phi) is 6.95.